The molecule has 0 heterocycles. The quantitative estimate of drug-likeness (QED) is 0.485. The van der Waals surface area contributed by atoms with Crippen LogP contribution in [0, 0.1) is 0 Å². The number of carbonyl (C=O) groups is 4. The maximum absolute atomic E-state index is 11.9. The fourth-order valence-corrected chi connectivity index (χ4v) is 1.52. The number of benzene rings is 1. The zero-order valence-corrected chi connectivity index (χ0v) is 14.2. The van der Waals surface area contributed by atoms with Crippen molar-refractivity contribution in [1.29, 1.82) is 0 Å². The van der Waals surface area contributed by atoms with E-state index in [1.54, 1.807) is 0 Å². The lowest BCUT2D eigenvalue weighted by Gasteiger charge is -2.17. The summed E-state index contributed by atoms with van der Waals surface area (Å²) in [6.45, 7) is 1.19. The van der Waals surface area contributed by atoms with Gasteiger partial charge in [-0.3, -0.25) is 14.4 Å². The van der Waals surface area contributed by atoms with Crippen molar-refractivity contribution in [3.8, 4) is 0 Å². The Bertz CT molecular complexity index is 652. The summed E-state index contributed by atoms with van der Waals surface area (Å²) in [4.78, 5) is 47.2. The van der Waals surface area contributed by atoms with E-state index in [2.05, 4.69) is 15.9 Å². The fourth-order valence-electron chi connectivity index (χ4n) is 1.52. The summed E-state index contributed by atoms with van der Waals surface area (Å²) >= 11 is 0. The summed E-state index contributed by atoms with van der Waals surface area (Å²) in [6, 6.07) is 8.36. The number of amides is 2. The first-order chi connectivity index (χ1) is 12.5. The van der Waals surface area contributed by atoms with Gasteiger partial charge < -0.3 is 25.8 Å². The molecule has 0 aliphatic carbocycles. The molecule has 0 spiro atoms. The fraction of sp³-hybridized carbons (Fsp3) is 0.333. The second-order valence-electron chi connectivity index (χ2n) is 4.90. The van der Waals surface area contributed by atoms with Gasteiger partial charge in [0.2, 0.25) is 0 Å². The molecule has 1 aromatic rings. The number of hydrogen-bond acceptors (Lipinski definition) is 6. The molecule has 5 N–H and O–H groups in total. The van der Waals surface area contributed by atoms with E-state index in [0.717, 1.165) is 5.56 Å². The molecule has 0 fully saturated rings. The number of hydroxylamine groups is 1. The Kier molecular flexibility index (Phi) is 10.1. The van der Waals surface area contributed by atoms with Crippen molar-refractivity contribution in [2.75, 3.05) is 6.54 Å². The lowest BCUT2D eigenvalue weighted by Crippen LogP contribution is -2.60. The van der Waals surface area contributed by atoms with E-state index >= 15 is 0 Å². The molecule has 0 aromatic heterocycles. The Morgan fingerprint density at radius 2 is 1.70 bits per heavy atom. The number of rotatable bonds is 5. The first-order valence-electron chi connectivity index (χ1n) is 7.35. The van der Waals surface area contributed by atoms with Crippen LogP contribution in [0.3, 0.4) is 0 Å². The molecule has 9 nitrogen and oxygen atoms in total. The minimum Gasteiger partial charge on any atom is -0.542 e. The average molecular weight is 393 g/mol. The summed E-state index contributed by atoms with van der Waals surface area (Å²) in [5.41, 5.74) is 6.33. The predicted molar refractivity (Wildman–Crippen MR) is 80.8 cm³/mol. The van der Waals surface area contributed by atoms with Crippen LogP contribution in [0.15, 0.2) is 30.3 Å². The summed E-state index contributed by atoms with van der Waals surface area (Å²) in [5, 5.41) is 11.3. The number of halogens is 3. The minimum atomic E-state index is -5.19. The third-order valence-corrected chi connectivity index (χ3v) is 2.69. The Hall–Kier alpha value is -3.15. The highest BCUT2D eigenvalue weighted by molar-refractivity contribution is 5.88. The van der Waals surface area contributed by atoms with Gasteiger partial charge in [-0.15, -0.1) is 0 Å². The third kappa shape index (κ3) is 11.1. The highest BCUT2D eigenvalue weighted by Crippen LogP contribution is 2.11. The number of nitrogens with one attached hydrogen (secondary N) is 2. The molecule has 0 bridgehead atoms. The normalized spacial score (nSPS) is 11.3. The molecular weight excluding hydrogens is 375 g/mol. The van der Waals surface area contributed by atoms with Gasteiger partial charge in [0.05, 0.1) is 0 Å². The number of carboxylic acid groups (broad SMARTS) is 1. The third-order valence-electron chi connectivity index (χ3n) is 2.69. The van der Waals surface area contributed by atoms with Crippen LogP contribution in [-0.2, 0) is 30.4 Å². The molecule has 27 heavy (non-hydrogen) atoms. The molecule has 1 atom stereocenters. The van der Waals surface area contributed by atoms with Gasteiger partial charge in [-0.1, -0.05) is 30.3 Å². The van der Waals surface area contributed by atoms with Crippen LogP contribution in [0.1, 0.15) is 12.5 Å². The van der Waals surface area contributed by atoms with Crippen LogP contribution in [0.25, 0.3) is 0 Å². The van der Waals surface area contributed by atoms with Crippen molar-refractivity contribution < 1.29 is 48.0 Å². The summed E-state index contributed by atoms with van der Waals surface area (Å²) in [7, 11) is 0. The van der Waals surface area contributed by atoms with Crippen molar-refractivity contribution in [1.82, 2.24) is 10.8 Å². The maximum Gasteiger partial charge on any atom is 0.430 e. The Labute approximate surface area is 151 Å². The smallest absolute Gasteiger partial charge is 0.430 e. The first kappa shape index (κ1) is 23.9. The number of quaternary nitrogens is 1. The average Bonchev–Trinajstić information content (AvgIpc) is 2.59. The van der Waals surface area contributed by atoms with Crippen molar-refractivity contribution in [2.24, 2.45) is 0 Å². The van der Waals surface area contributed by atoms with E-state index in [0.29, 0.717) is 6.42 Å². The van der Waals surface area contributed by atoms with E-state index in [9.17, 15) is 27.6 Å². The van der Waals surface area contributed by atoms with Gasteiger partial charge in [0.15, 0.2) is 6.54 Å². The van der Waals surface area contributed by atoms with Crippen molar-refractivity contribution in [3.63, 3.8) is 0 Å². The van der Waals surface area contributed by atoms with Crippen LogP contribution in [-0.4, -0.2) is 42.5 Å². The molecule has 0 aliphatic heterocycles. The van der Waals surface area contributed by atoms with E-state index < -0.39 is 30.1 Å². The molecule has 0 saturated carbocycles. The molecule has 150 valence electrons. The van der Waals surface area contributed by atoms with E-state index in [1.165, 1.54) is 6.92 Å². The number of aliphatic carboxylic acids is 1. The zero-order chi connectivity index (χ0) is 21.0. The largest absolute Gasteiger partial charge is 0.542 e. The molecule has 1 rings (SSSR count). The number of hydrogen-bond donors (Lipinski definition) is 3. The van der Waals surface area contributed by atoms with Crippen LogP contribution in [0.2, 0.25) is 0 Å². The molecule has 12 heteroatoms. The van der Waals surface area contributed by atoms with Gasteiger partial charge in [0.25, 0.3) is 11.8 Å². The summed E-state index contributed by atoms with van der Waals surface area (Å²) < 4.78 is 31.5. The van der Waals surface area contributed by atoms with E-state index in [1.807, 2.05) is 35.8 Å². The lowest BCUT2D eigenvalue weighted by atomic mass is 10.1. The van der Waals surface area contributed by atoms with Gasteiger partial charge in [0.1, 0.15) is 12.0 Å². The van der Waals surface area contributed by atoms with Gasteiger partial charge in [0, 0.05) is 13.3 Å². The Balaban J connectivity index is 0.000000821. The Morgan fingerprint density at radius 3 is 2.11 bits per heavy atom. The van der Waals surface area contributed by atoms with Crippen LogP contribution >= 0.6 is 0 Å². The SMILES string of the molecule is CC(=O)ONC(=O)[C@H](Cc1ccccc1)NC(=O)C[NH3+].O=C([O-])C(F)(F)F. The minimum absolute atomic E-state index is 0.0200. The topological polar surface area (TPSA) is 152 Å². The van der Waals surface area contributed by atoms with E-state index in [-0.39, 0.29) is 12.5 Å². The summed E-state index contributed by atoms with van der Waals surface area (Å²) in [5.74, 6) is -4.59. The van der Waals surface area contributed by atoms with Gasteiger partial charge in [-0.2, -0.15) is 18.7 Å². The zero-order valence-electron chi connectivity index (χ0n) is 14.2. The molecule has 0 radical (unpaired) electrons. The van der Waals surface area contributed by atoms with E-state index in [4.69, 9.17) is 9.90 Å². The number of carbonyl (C=O) groups excluding carboxylic acids is 4. The molecule has 0 aliphatic rings. The second kappa shape index (κ2) is 11.5. The predicted octanol–water partition coefficient (Wildman–Crippen LogP) is -2.15. The molecule has 0 unspecified atom stereocenters. The molecule has 2 amide bonds. The molecule has 1 aromatic carbocycles. The first-order valence-corrected chi connectivity index (χ1v) is 7.35. The van der Waals surface area contributed by atoms with Gasteiger partial charge >= 0.3 is 12.1 Å². The van der Waals surface area contributed by atoms with Crippen LogP contribution in [0.5, 0.6) is 0 Å². The van der Waals surface area contributed by atoms with Gasteiger partial charge in [-0.25, -0.2) is 0 Å². The highest BCUT2D eigenvalue weighted by Gasteiger charge is 2.28. The highest BCUT2D eigenvalue weighted by atomic mass is 19.4. The van der Waals surface area contributed by atoms with Gasteiger partial charge in [-0.05, 0) is 5.56 Å². The summed E-state index contributed by atoms with van der Waals surface area (Å²) in [6.07, 6.45) is -4.90. The maximum atomic E-state index is 11.9. The van der Waals surface area contributed by atoms with Crippen molar-refractivity contribution in [3.05, 3.63) is 35.9 Å². The van der Waals surface area contributed by atoms with Crippen LogP contribution < -0.4 is 21.6 Å². The monoisotopic (exact) mass is 393 g/mol. The van der Waals surface area contributed by atoms with Crippen molar-refractivity contribution >= 4 is 23.8 Å². The Morgan fingerprint density at radius 1 is 1.19 bits per heavy atom. The van der Waals surface area contributed by atoms with Crippen molar-refractivity contribution in [2.45, 2.75) is 25.6 Å². The standard InChI is InChI=1S/C13H17N3O4.C2HF3O2/c1-9(17)20-16-13(19)11(15-12(18)8-14)7-10-5-3-2-4-6-10;3-2(4,5)1(6)7/h2-6,11H,7-8,14H2,1H3,(H,15,18)(H,16,19);(H,6,7)/t11-;/m0./s1. The van der Waals surface area contributed by atoms with Crippen LogP contribution in [0.4, 0.5) is 13.2 Å². The number of alkyl halides is 3. The molecular formula is C15H18F3N3O6. The lowest BCUT2D eigenvalue weighted by molar-refractivity contribution is -0.355. The second-order valence-corrected chi connectivity index (χ2v) is 4.90. The number of carboxylic acids is 1. The molecule has 0 saturated heterocycles.